The van der Waals surface area contributed by atoms with Gasteiger partial charge in [0.1, 0.15) is 5.75 Å². The topological polar surface area (TPSA) is 22.1 Å². The summed E-state index contributed by atoms with van der Waals surface area (Å²) in [5, 5.41) is 0.750. The highest BCUT2D eigenvalue weighted by atomic mass is 35.5. The summed E-state index contributed by atoms with van der Waals surface area (Å²) in [5.74, 6) is 1.53. The number of benzene rings is 1. The van der Waals surface area contributed by atoms with Crippen LogP contribution in [0, 0.1) is 13.8 Å². The average Bonchev–Trinajstić information content (AvgIpc) is 2.48. The number of rotatable bonds is 5. The third-order valence-corrected chi connectivity index (χ3v) is 4.44. The fourth-order valence-corrected chi connectivity index (χ4v) is 3.13. The van der Waals surface area contributed by atoms with Gasteiger partial charge in [-0.05, 0) is 31.9 Å². The molecule has 2 aromatic rings. The first-order chi connectivity index (χ1) is 10.1. The predicted molar refractivity (Wildman–Crippen MR) is 88.9 cm³/mol. The van der Waals surface area contributed by atoms with E-state index in [4.69, 9.17) is 27.9 Å². The number of hydrogen-bond acceptors (Lipinski definition) is 2. The molecule has 112 valence electrons. The second-order valence-corrected chi connectivity index (χ2v) is 5.84. The number of aromatic nitrogens is 1. The van der Waals surface area contributed by atoms with E-state index < -0.39 is 0 Å². The Morgan fingerprint density at radius 3 is 2.57 bits per heavy atom. The molecular formula is C17H19Cl2NO. The van der Waals surface area contributed by atoms with E-state index in [2.05, 4.69) is 4.98 Å². The van der Waals surface area contributed by atoms with Crippen molar-refractivity contribution in [1.29, 1.82) is 0 Å². The van der Waals surface area contributed by atoms with Crippen LogP contribution in [0.25, 0.3) is 0 Å². The Kier molecular flexibility index (Phi) is 5.49. The van der Waals surface area contributed by atoms with Crippen LogP contribution in [0.4, 0.5) is 0 Å². The highest BCUT2D eigenvalue weighted by Crippen LogP contribution is 2.31. The minimum Gasteiger partial charge on any atom is -0.496 e. The Hall–Kier alpha value is -1.25. The van der Waals surface area contributed by atoms with Crippen molar-refractivity contribution in [2.24, 2.45) is 0 Å². The molecule has 0 N–H and O–H groups in total. The van der Waals surface area contributed by atoms with Crippen LogP contribution in [-0.4, -0.2) is 18.0 Å². The SMILES string of the molecule is COc1c(C)cnc(CC(CCl)c2ccccc2Cl)c1C. The summed E-state index contributed by atoms with van der Waals surface area (Å²) < 4.78 is 5.46. The molecule has 1 unspecified atom stereocenters. The van der Waals surface area contributed by atoms with Gasteiger partial charge >= 0.3 is 0 Å². The van der Waals surface area contributed by atoms with E-state index in [0.717, 1.165) is 39.6 Å². The van der Waals surface area contributed by atoms with Crippen LogP contribution in [-0.2, 0) is 6.42 Å². The Balaban J connectivity index is 2.34. The molecule has 4 heteroatoms. The molecule has 1 atom stereocenters. The highest BCUT2D eigenvalue weighted by Gasteiger charge is 2.18. The van der Waals surface area contributed by atoms with E-state index in [0.29, 0.717) is 5.88 Å². The molecule has 1 aromatic carbocycles. The first-order valence-electron chi connectivity index (χ1n) is 6.88. The van der Waals surface area contributed by atoms with Crippen molar-refractivity contribution in [3.8, 4) is 5.75 Å². The lowest BCUT2D eigenvalue weighted by Gasteiger charge is -2.18. The summed E-state index contributed by atoms with van der Waals surface area (Å²) in [6, 6.07) is 7.83. The van der Waals surface area contributed by atoms with Gasteiger partial charge in [0.25, 0.3) is 0 Å². The summed E-state index contributed by atoms with van der Waals surface area (Å²) in [4.78, 5) is 4.55. The van der Waals surface area contributed by atoms with Crippen LogP contribution in [0.5, 0.6) is 5.75 Å². The average molecular weight is 324 g/mol. The van der Waals surface area contributed by atoms with Gasteiger partial charge in [-0.1, -0.05) is 29.8 Å². The summed E-state index contributed by atoms with van der Waals surface area (Å²) in [5.41, 5.74) is 4.18. The van der Waals surface area contributed by atoms with Gasteiger partial charge in [0.05, 0.1) is 7.11 Å². The van der Waals surface area contributed by atoms with Crippen LogP contribution < -0.4 is 4.74 Å². The van der Waals surface area contributed by atoms with E-state index >= 15 is 0 Å². The van der Waals surface area contributed by atoms with Gasteiger partial charge in [0.15, 0.2) is 0 Å². The van der Waals surface area contributed by atoms with Gasteiger partial charge in [0, 0.05) is 39.8 Å². The first kappa shape index (κ1) is 16.1. The van der Waals surface area contributed by atoms with E-state index in [1.54, 1.807) is 7.11 Å². The van der Waals surface area contributed by atoms with Crippen LogP contribution in [0.1, 0.15) is 28.3 Å². The third-order valence-electron chi connectivity index (χ3n) is 3.72. The number of alkyl halides is 1. The Labute approximate surface area is 136 Å². The van der Waals surface area contributed by atoms with Crippen LogP contribution in [0.2, 0.25) is 5.02 Å². The second-order valence-electron chi connectivity index (χ2n) is 5.12. The third kappa shape index (κ3) is 3.50. The van der Waals surface area contributed by atoms with Crippen molar-refractivity contribution in [1.82, 2.24) is 4.98 Å². The largest absolute Gasteiger partial charge is 0.496 e. The number of halogens is 2. The normalized spacial score (nSPS) is 12.2. The maximum Gasteiger partial charge on any atom is 0.128 e. The molecule has 0 aliphatic carbocycles. The number of ether oxygens (including phenoxy) is 1. The monoisotopic (exact) mass is 323 g/mol. The molecule has 1 aromatic heterocycles. The molecule has 0 bridgehead atoms. The van der Waals surface area contributed by atoms with Crippen LogP contribution in [0.3, 0.4) is 0 Å². The second kappa shape index (κ2) is 7.15. The summed E-state index contributed by atoms with van der Waals surface area (Å²) in [7, 11) is 1.69. The van der Waals surface area contributed by atoms with Crippen molar-refractivity contribution in [2.75, 3.05) is 13.0 Å². The smallest absolute Gasteiger partial charge is 0.128 e. The predicted octanol–water partition coefficient (Wildman–Crippen LogP) is 4.93. The van der Waals surface area contributed by atoms with E-state index in [1.807, 2.05) is 44.3 Å². The van der Waals surface area contributed by atoms with Crippen LogP contribution >= 0.6 is 23.2 Å². The van der Waals surface area contributed by atoms with Crippen molar-refractivity contribution >= 4 is 23.2 Å². The van der Waals surface area contributed by atoms with Gasteiger partial charge in [-0.2, -0.15) is 0 Å². The Morgan fingerprint density at radius 2 is 1.95 bits per heavy atom. The molecule has 0 radical (unpaired) electrons. The molecule has 0 fully saturated rings. The standard InChI is InChI=1S/C17H19Cl2NO/c1-11-10-20-16(12(2)17(11)21-3)8-13(9-18)14-6-4-5-7-15(14)19/h4-7,10,13H,8-9H2,1-3H3. The van der Waals surface area contributed by atoms with Gasteiger partial charge in [-0.15, -0.1) is 11.6 Å². The van der Waals surface area contributed by atoms with Crippen LogP contribution in [0.15, 0.2) is 30.5 Å². The zero-order valence-corrected chi connectivity index (χ0v) is 14.0. The van der Waals surface area contributed by atoms with Gasteiger partial charge < -0.3 is 4.74 Å². The molecule has 0 aliphatic heterocycles. The number of methoxy groups -OCH3 is 1. The first-order valence-corrected chi connectivity index (χ1v) is 7.79. The van der Waals surface area contributed by atoms with Gasteiger partial charge in [-0.3, -0.25) is 4.98 Å². The van der Waals surface area contributed by atoms with Gasteiger partial charge in [-0.25, -0.2) is 0 Å². The number of nitrogens with zero attached hydrogens (tertiary/aromatic N) is 1. The molecular weight excluding hydrogens is 305 g/mol. The van der Waals surface area contributed by atoms with Gasteiger partial charge in [0.2, 0.25) is 0 Å². The minimum atomic E-state index is 0.138. The molecule has 0 amide bonds. The molecule has 21 heavy (non-hydrogen) atoms. The zero-order chi connectivity index (χ0) is 15.4. The highest BCUT2D eigenvalue weighted by molar-refractivity contribution is 6.31. The molecule has 2 rings (SSSR count). The zero-order valence-electron chi connectivity index (χ0n) is 12.5. The molecule has 0 saturated carbocycles. The maximum atomic E-state index is 6.28. The fraction of sp³-hybridized carbons (Fsp3) is 0.353. The Bertz CT molecular complexity index is 628. The quantitative estimate of drug-likeness (QED) is 0.728. The Morgan fingerprint density at radius 1 is 1.24 bits per heavy atom. The summed E-state index contributed by atoms with van der Waals surface area (Å²) in [6.45, 7) is 4.03. The number of aryl methyl sites for hydroxylation is 1. The molecule has 2 nitrogen and oxygen atoms in total. The van der Waals surface area contributed by atoms with E-state index in [9.17, 15) is 0 Å². The summed E-state index contributed by atoms with van der Waals surface area (Å²) in [6.07, 6.45) is 2.59. The van der Waals surface area contributed by atoms with E-state index in [-0.39, 0.29) is 5.92 Å². The minimum absolute atomic E-state index is 0.138. The summed E-state index contributed by atoms with van der Waals surface area (Å²) >= 11 is 12.4. The van der Waals surface area contributed by atoms with Crippen molar-refractivity contribution in [3.63, 3.8) is 0 Å². The van der Waals surface area contributed by atoms with Crippen molar-refractivity contribution in [3.05, 3.63) is 57.9 Å². The van der Waals surface area contributed by atoms with Crippen molar-refractivity contribution < 1.29 is 4.74 Å². The lowest BCUT2D eigenvalue weighted by molar-refractivity contribution is 0.406. The number of hydrogen-bond donors (Lipinski definition) is 0. The lowest BCUT2D eigenvalue weighted by Crippen LogP contribution is -2.09. The van der Waals surface area contributed by atoms with Crippen molar-refractivity contribution in [2.45, 2.75) is 26.2 Å². The lowest BCUT2D eigenvalue weighted by atomic mass is 9.93. The maximum absolute atomic E-state index is 6.28. The molecule has 0 spiro atoms. The molecule has 0 aliphatic rings. The van der Waals surface area contributed by atoms with E-state index in [1.165, 1.54) is 0 Å². The fourth-order valence-electron chi connectivity index (χ4n) is 2.56. The molecule has 0 saturated heterocycles. The number of pyridine rings is 1. The molecule has 1 heterocycles.